The molecule has 24 heavy (non-hydrogen) atoms. The maximum Gasteiger partial charge on any atom is 0.206 e. The van der Waals surface area contributed by atoms with Crippen LogP contribution in [0.5, 0.6) is 11.5 Å². The number of benzene rings is 2. The second-order valence-corrected chi connectivity index (χ2v) is 7.87. The summed E-state index contributed by atoms with van der Waals surface area (Å²) in [6.45, 7) is 3.32. The molecule has 0 amide bonds. The molecule has 0 spiro atoms. The summed E-state index contributed by atoms with van der Waals surface area (Å²) in [6, 6.07) is 9.45. The molecule has 1 fully saturated rings. The highest BCUT2D eigenvalue weighted by Crippen LogP contribution is 2.35. The van der Waals surface area contributed by atoms with Gasteiger partial charge in [-0.3, -0.25) is 4.90 Å². The number of rotatable bonds is 4. The quantitative estimate of drug-likeness (QED) is 0.792. The first-order valence-electron chi connectivity index (χ1n) is 7.69. The third-order valence-electron chi connectivity index (χ3n) is 4.05. The minimum atomic E-state index is -3.81. The van der Waals surface area contributed by atoms with Crippen molar-refractivity contribution in [2.75, 3.05) is 26.2 Å². The Bertz CT molecular complexity index is 880. The van der Waals surface area contributed by atoms with Gasteiger partial charge in [0.1, 0.15) is 18.5 Å². The predicted octanol–water partition coefficient (Wildman–Crippen LogP) is 2.11. The minimum Gasteiger partial charge on any atom is -0.486 e. The van der Waals surface area contributed by atoms with Crippen LogP contribution in [0, 0.1) is 5.82 Å². The van der Waals surface area contributed by atoms with Crippen LogP contribution < -0.4 is 9.47 Å². The molecule has 2 heterocycles. The molecule has 0 aromatic heterocycles. The molecule has 1 saturated heterocycles. The summed E-state index contributed by atoms with van der Waals surface area (Å²) in [5, 5.41) is 0. The molecule has 2 aromatic rings. The summed E-state index contributed by atoms with van der Waals surface area (Å²) in [5.74, 6) is 0.341. The minimum absolute atomic E-state index is 0.0582. The average molecular weight is 349 g/mol. The molecule has 0 N–H and O–H groups in total. The first-order valence-corrected chi connectivity index (χ1v) is 9.17. The maximum absolute atomic E-state index is 13.4. The normalized spacial score (nSPS) is 20.0. The standard InChI is InChI=1S/C17H16FNO4S/c18-12-2-1-3-14(8-12)24(20,21)15-4-5-16-17(9-15)23-13(11-22-16)10-19-6-7-19/h1-5,8-9,13H,6-7,10-11H2/t13-/m1/s1. The van der Waals surface area contributed by atoms with Gasteiger partial charge in [-0.1, -0.05) is 6.07 Å². The van der Waals surface area contributed by atoms with E-state index in [4.69, 9.17) is 9.47 Å². The maximum atomic E-state index is 13.4. The van der Waals surface area contributed by atoms with Crippen LogP contribution in [-0.4, -0.2) is 45.7 Å². The van der Waals surface area contributed by atoms with Crippen molar-refractivity contribution in [3.05, 3.63) is 48.3 Å². The Morgan fingerprint density at radius 3 is 2.62 bits per heavy atom. The molecule has 0 aliphatic carbocycles. The van der Waals surface area contributed by atoms with Crippen LogP contribution in [-0.2, 0) is 9.84 Å². The first kappa shape index (κ1) is 15.4. The molecule has 2 aromatic carbocycles. The van der Waals surface area contributed by atoms with Crippen LogP contribution in [0.2, 0.25) is 0 Å². The Morgan fingerprint density at radius 2 is 1.88 bits per heavy atom. The van der Waals surface area contributed by atoms with Crippen molar-refractivity contribution < 1.29 is 22.3 Å². The van der Waals surface area contributed by atoms with Crippen molar-refractivity contribution in [3.63, 3.8) is 0 Å². The van der Waals surface area contributed by atoms with Crippen LogP contribution in [0.1, 0.15) is 0 Å². The van der Waals surface area contributed by atoms with Crippen molar-refractivity contribution in [1.82, 2.24) is 4.90 Å². The summed E-state index contributed by atoms with van der Waals surface area (Å²) >= 11 is 0. The van der Waals surface area contributed by atoms with E-state index in [2.05, 4.69) is 4.90 Å². The van der Waals surface area contributed by atoms with E-state index >= 15 is 0 Å². The van der Waals surface area contributed by atoms with Crippen LogP contribution in [0.15, 0.2) is 52.3 Å². The van der Waals surface area contributed by atoms with E-state index in [9.17, 15) is 12.8 Å². The molecule has 0 bridgehead atoms. The Morgan fingerprint density at radius 1 is 1.08 bits per heavy atom. The predicted molar refractivity (Wildman–Crippen MR) is 84.6 cm³/mol. The van der Waals surface area contributed by atoms with E-state index in [-0.39, 0.29) is 15.9 Å². The SMILES string of the molecule is O=S(=O)(c1cccc(F)c1)c1ccc2c(c1)O[C@H](CN1CC1)CO2. The molecule has 126 valence electrons. The second kappa shape index (κ2) is 5.75. The Hall–Kier alpha value is -2.12. The lowest BCUT2D eigenvalue weighted by molar-refractivity contribution is 0.0800. The summed E-state index contributed by atoms with van der Waals surface area (Å²) in [5.41, 5.74) is 0. The van der Waals surface area contributed by atoms with Gasteiger partial charge in [0.25, 0.3) is 0 Å². The topological polar surface area (TPSA) is 55.6 Å². The monoisotopic (exact) mass is 349 g/mol. The number of halogens is 1. The lowest BCUT2D eigenvalue weighted by Gasteiger charge is -2.27. The Kier molecular flexibility index (Phi) is 3.69. The van der Waals surface area contributed by atoms with E-state index in [1.54, 1.807) is 6.07 Å². The van der Waals surface area contributed by atoms with Crippen LogP contribution in [0.25, 0.3) is 0 Å². The van der Waals surface area contributed by atoms with Gasteiger partial charge in [-0.15, -0.1) is 0 Å². The van der Waals surface area contributed by atoms with Crippen molar-refractivity contribution in [1.29, 1.82) is 0 Å². The number of hydrogen-bond donors (Lipinski definition) is 0. The molecule has 0 radical (unpaired) electrons. The van der Waals surface area contributed by atoms with Gasteiger partial charge in [-0.05, 0) is 30.3 Å². The molecule has 5 nitrogen and oxygen atoms in total. The zero-order valence-electron chi connectivity index (χ0n) is 12.8. The highest BCUT2D eigenvalue weighted by atomic mass is 32.2. The van der Waals surface area contributed by atoms with Gasteiger partial charge in [-0.25, -0.2) is 12.8 Å². The fourth-order valence-electron chi connectivity index (χ4n) is 2.66. The third-order valence-corrected chi connectivity index (χ3v) is 5.80. The van der Waals surface area contributed by atoms with E-state index in [0.717, 1.165) is 25.7 Å². The fraction of sp³-hybridized carbons (Fsp3) is 0.294. The van der Waals surface area contributed by atoms with Crippen molar-refractivity contribution in [2.45, 2.75) is 15.9 Å². The number of sulfone groups is 1. The lowest BCUT2D eigenvalue weighted by Crippen LogP contribution is -2.35. The van der Waals surface area contributed by atoms with Gasteiger partial charge in [0.2, 0.25) is 9.84 Å². The number of hydrogen-bond acceptors (Lipinski definition) is 5. The molecule has 2 aliphatic rings. The fourth-order valence-corrected chi connectivity index (χ4v) is 3.97. The highest BCUT2D eigenvalue weighted by molar-refractivity contribution is 7.91. The second-order valence-electron chi connectivity index (χ2n) is 5.92. The smallest absolute Gasteiger partial charge is 0.206 e. The third kappa shape index (κ3) is 2.97. The molecule has 0 unspecified atom stereocenters. The molecule has 1 atom stereocenters. The van der Waals surface area contributed by atoms with E-state index in [0.29, 0.717) is 18.1 Å². The van der Waals surface area contributed by atoms with Gasteiger partial charge in [0.05, 0.1) is 9.79 Å². The Balaban J connectivity index is 1.65. The first-order chi connectivity index (χ1) is 11.5. The van der Waals surface area contributed by atoms with Gasteiger partial charge < -0.3 is 9.47 Å². The zero-order valence-corrected chi connectivity index (χ0v) is 13.6. The van der Waals surface area contributed by atoms with Gasteiger partial charge in [0, 0.05) is 25.7 Å². The van der Waals surface area contributed by atoms with Crippen LogP contribution >= 0.6 is 0 Å². The molecule has 2 aliphatic heterocycles. The van der Waals surface area contributed by atoms with Crippen molar-refractivity contribution in [2.24, 2.45) is 0 Å². The molecule has 0 saturated carbocycles. The van der Waals surface area contributed by atoms with Gasteiger partial charge in [0.15, 0.2) is 11.5 Å². The van der Waals surface area contributed by atoms with Crippen molar-refractivity contribution >= 4 is 9.84 Å². The number of nitrogens with zero attached hydrogens (tertiary/aromatic N) is 1. The van der Waals surface area contributed by atoms with E-state index < -0.39 is 15.7 Å². The van der Waals surface area contributed by atoms with Gasteiger partial charge >= 0.3 is 0 Å². The van der Waals surface area contributed by atoms with E-state index in [1.165, 1.54) is 30.3 Å². The molecule has 4 rings (SSSR count). The molecule has 7 heteroatoms. The lowest BCUT2D eigenvalue weighted by atomic mass is 10.2. The number of ether oxygens (including phenoxy) is 2. The summed E-state index contributed by atoms with van der Waals surface area (Å²) < 4.78 is 50.2. The largest absolute Gasteiger partial charge is 0.486 e. The highest BCUT2D eigenvalue weighted by Gasteiger charge is 2.29. The van der Waals surface area contributed by atoms with Crippen LogP contribution in [0.3, 0.4) is 0 Å². The molecular weight excluding hydrogens is 333 g/mol. The van der Waals surface area contributed by atoms with E-state index in [1.807, 2.05) is 0 Å². The Labute approximate surface area is 139 Å². The van der Waals surface area contributed by atoms with Crippen molar-refractivity contribution in [3.8, 4) is 11.5 Å². The molecular formula is C17H16FNO4S. The zero-order chi connectivity index (χ0) is 16.7. The van der Waals surface area contributed by atoms with Crippen LogP contribution in [0.4, 0.5) is 4.39 Å². The summed E-state index contributed by atoms with van der Waals surface area (Å²) in [4.78, 5) is 2.19. The van der Waals surface area contributed by atoms with Gasteiger partial charge in [-0.2, -0.15) is 0 Å². The number of fused-ring (bicyclic) bond motifs is 1. The summed E-state index contributed by atoms with van der Waals surface area (Å²) in [6.07, 6.45) is -0.118. The summed E-state index contributed by atoms with van der Waals surface area (Å²) in [7, 11) is -3.81. The average Bonchev–Trinajstić information content (AvgIpc) is 3.38.